The molecule has 7 nitrogen and oxygen atoms in total. The quantitative estimate of drug-likeness (QED) is 0.259. The number of thioether (sulfide) groups is 2. The first kappa shape index (κ1) is 21.1. The summed E-state index contributed by atoms with van der Waals surface area (Å²) in [6, 6.07) is 7.21. The number of amidine groups is 1. The van der Waals surface area contributed by atoms with Crippen LogP contribution in [0.25, 0.3) is 0 Å². The number of aromatic nitrogens is 2. The molecule has 0 bridgehead atoms. The third-order valence-electron chi connectivity index (χ3n) is 4.53. The van der Waals surface area contributed by atoms with Crippen LogP contribution in [0.5, 0.6) is 5.75 Å². The number of rotatable bonds is 7. The first-order valence-corrected chi connectivity index (χ1v) is 12.3. The lowest BCUT2D eigenvalue weighted by Crippen LogP contribution is -2.52. The van der Waals surface area contributed by atoms with E-state index in [1.807, 2.05) is 23.4 Å². The maximum Gasteiger partial charge on any atom is 0.190 e. The van der Waals surface area contributed by atoms with Gasteiger partial charge in [0.2, 0.25) is 0 Å². The van der Waals surface area contributed by atoms with Gasteiger partial charge in [-0.3, -0.25) is 5.43 Å². The van der Waals surface area contributed by atoms with Gasteiger partial charge in [0.25, 0.3) is 0 Å². The normalized spacial score (nSPS) is 18.4. The highest BCUT2D eigenvalue weighted by Crippen LogP contribution is 2.35. The second-order valence-corrected chi connectivity index (χ2v) is 9.08. The van der Waals surface area contributed by atoms with E-state index in [0.717, 1.165) is 46.0 Å². The van der Waals surface area contributed by atoms with Gasteiger partial charge in [0.1, 0.15) is 29.0 Å². The van der Waals surface area contributed by atoms with E-state index in [4.69, 9.17) is 31.3 Å². The van der Waals surface area contributed by atoms with Crippen molar-refractivity contribution in [2.24, 2.45) is 4.99 Å². The molecule has 0 saturated heterocycles. The fourth-order valence-corrected chi connectivity index (χ4v) is 4.55. The summed E-state index contributed by atoms with van der Waals surface area (Å²) in [5.41, 5.74) is 4.26. The minimum atomic E-state index is 0.0340. The maximum absolute atomic E-state index is 5.94. The summed E-state index contributed by atoms with van der Waals surface area (Å²) >= 11 is 9.18. The zero-order valence-corrected chi connectivity index (χ0v) is 19.4. The largest absolute Gasteiger partial charge is 0.461 e. The Kier molecular flexibility index (Phi) is 6.60. The Balaban J connectivity index is 1.69. The topological polar surface area (TPSA) is 74.7 Å². The van der Waals surface area contributed by atoms with E-state index in [2.05, 4.69) is 24.6 Å². The van der Waals surface area contributed by atoms with Gasteiger partial charge in [-0.1, -0.05) is 43.6 Å². The lowest BCUT2D eigenvalue weighted by atomic mass is 10.1. The molecule has 3 heterocycles. The Morgan fingerprint density at radius 1 is 1.23 bits per heavy atom. The number of fused-ring (bicyclic) bond motifs is 3. The van der Waals surface area contributed by atoms with Crippen LogP contribution < -0.4 is 15.5 Å². The number of hydrazine groups is 1. The first-order valence-electron chi connectivity index (χ1n) is 9.75. The zero-order chi connectivity index (χ0) is 21.1. The number of anilines is 1. The number of nitrogens with one attached hydrogen (secondary N) is 2. The van der Waals surface area contributed by atoms with Gasteiger partial charge in [-0.25, -0.2) is 20.0 Å². The monoisotopic (exact) mass is 462 g/mol. The zero-order valence-electron chi connectivity index (χ0n) is 17.0. The predicted octanol–water partition coefficient (Wildman–Crippen LogP) is 4.96. The molecule has 2 aliphatic heterocycles. The fourth-order valence-electron chi connectivity index (χ4n) is 3.23. The summed E-state index contributed by atoms with van der Waals surface area (Å²) < 4.78 is 5.76. The van der Waals surface area contributed by atoms with Crippen LogP contribution in [0.15, 0.2) is 51.5 Å². The molecule has 2 N–H and O–H groups in total. The number of halogens is 1. The molecule has 1 unspecified atom stereocenters. The molecule has 4 rings (SSSR count). The Bertz CT molecular complexity index is 982. The summed E-state index contributed by atoms with van der Waals surface area (Å²) in [4.78, 5) is 14.3. The van der Waals surface area contributed by atoms with E-state index in [-0.39, 0.29) is 6.17 Å². The molecule has 2 aromatic rings. The van der Waals surface area contributed by atoms with Crippen molar-refractivity contribution in [3.63, 3.8) is 0 Å². The highest BCUT2D eigenvalue weighted by atomic mass is 35.5. The van der Waals surface area contributed by atoms with Crippen LogP contribution in [0.1, 0.15) is 32.3 Å². The summed E-state index contributed by atoms with van der Waals surface area (Å²) in [6.45, 7) is 4.26. The molecular formula is C20H23ClN6OS2. The molecule has 1 aromatic carbocycles. The lowest BCUT2D eigenvalue weighted by molar-refractivity contribution is 0.269. The summed E-state index contributed by atoms with van der Waals surface area (Å²) in [5, 5.41) is 7.96. The van der Waals surface area contributed by atoms with E-state index in [1.165, 1.54) is 0 Å². The van der Waals surface area contributed by atoms with Crippen molar-refractivity contribution < 1.29 is 4.74 Å². The molecule has 0 spiro atoms. The number of hydrogen-bond acceptors (Lipinski definition) is 9. The highest BCUT2D eigenvalue weighted by molar-refractivity contribution is 7.99. The molecule has 0 saturated carbocycles. The highest BCUT2D eigenvalue weighted by Gasteiger charge is 2.37. The van der Waals surface area contributed by atoms with Gasteiger partial charge in [-0.05, 0) is 42.7 Å². The number of hydrogen-bond donors (Lipinski definition) is 2. The molecule has 30 heavy (non-hydrogen) atoms. The first-order chi connectivity index (χ1) is 14.6. The molecule has 0 aliphatic carbocycles. The molecular weight excluding hydrogens is 440 g/mol. The van der Waals surface area contributed by atoms with Crippen molar-refractivity contribution in [2.45, 2.75) is 43.0 Å². The third-order valence-corrected chi connectivity index (χ3v) is 6.20. The molecule has 0 amide bonds. The predicted molar refractivity (Wildman–Crippen MR) is 124 cm³/mol. The average molecular weight is 463 g/mol. The van der Waals surface area contributed by atoms with E-state index < -0.39 is 0 Å². The Hall–Kier alpha value is -2.10. The second-order valence-electron chi connectivity index (χ2n) is 6.61. The van der Waals surface area contributed by atoms with Crippen LogP contribution in [0.2, 0.25) is 5.02 Å². The third kappa shape index (κ3) is 4.33. The van der Waals surface area contributed by atoms with Crippen molar-refractivity contribution >= 4 is 46.8 Å². The van der Waals surface area contributed by atoms with Crippen LogP contribution in [0.3, 0.4) is 0 Å². The van der Waals surface area contributed by atoms with Gasteiger partial charge in [-0.15, -0.1) is 11.8 Å². The molecule has 0 radical (unpaired) electrons. The minimum absolute atomic E-state index is 0.0340. The SMILES string of the molecule is CCCC1Nc2nc(SCC)nc(SC)c2C2=NC(=COc3ccc(Cl)cc3)NN21. The number of benzene rings is 1. The maximum atomic E-state index is 5.94. The molecule has 1 aromatic heterocycles. The number of nitrogens with zero attached hydrogens (tertiary/aromatic N) is 4. The summed E-state index contributed by atoms with van der Waals surface area (Å²) in [5.74, 6) is 3.88. The van der Waals surface area contributed by atoms with Crippen LogP contribution in [0, 0.1) is 0 Å². The van der Waals surface area contributed by atoms with Crippen LogP contribution in [-0.2, 0) is 0 Å². The summed E-state index contributed by atoms with van der Waals surface area (Å²) in [7, 11) is 0. The van der Waals surface area contributed by atoms with Crippen LogP contribution >= 0.6 is 35.1 Å². The fraction of sp³-hybridized carbons (Fsp3) is 0.350. The van der Waals surface area contributed by atoms with Gasteiger partial charge < -0.3 is 10.1 Å². The second kappa shape index (κ2) is 9.36. The minimum Gasteiger partial charge on any atom is -0.461 e. The van der Waals surface area contributed by atoms with Gasteiger partial charge in [0, 0.05) is 5.02 Å². The average Bonchev–Trinajstić information content (AvgIpc) is 3.17. The van der Waals surface area contributed by atoms with Crippen molar-refractivity contribution in [1.29, 1.82) is 0 Å². The molecule has 2 aliphatic rings. The molecule has 1 atom stereocenters. The lowest BCUT2D eigenvalue weighted by Gasteiger charge is -2.36. The van der Waals surface area contributed by atoms with E-state index in [9.17, 15) is 0 Å². The van der Waals surface area contributed by atoms with Crippen molar-refractivity contribution in [3.05, 3.63) is 46.9 Å². The van der Waals surface area contributed by atoms with Gasteiger partial charge in [0.15, 0.2) is 16.8 Å². The van der Waals surface area contributed by atoms with E-state index in [0.29, 0.717) is 16.6 Å². The van der Waals surface area contributed by atoms with Crippen LogP contribution in [-0.4, -0.2) is 39.0 Å². The van der Waals surface area contributed by atoms with Crippen molar-refractivity contribution in [1.82, 2.24) is 20.4 Å². The van der Waals surface area contributed by atoms with Gasteiger partial charge >= 0.3 is 0 Å². The Morgan fingerprint density at radius 2 is 2.03 bits per heavy atom. The van der Waals surface area contributed by atoms with Crippen LogP contribution in [0.4, 0.5) is 5.82 Å². The number of ether oxygens (including phenoxy) is 1. The number of aliphatic imine (C=N–C) groups is 1. The smallest absolute Gasteiger partial charge is 0.190 e. The Morgan fingerprint density at radius 3 is 2.73 bits per heavy atom. The molecule has 158 valence electrons. The van der Waals surface area contributed by atoms with E-state index >= 15 is 0 Å². The van der Waals surface area contributed by atoms with Crippen molar-refractivity contribution in [3.8, 4) is 5.75 Å². The molecule has 10 heteroatoms. The Labute approximate surface area is 189 Å². The summed E-state index contributed by atoms with van der Waals surface area (Å²) in [6.07, 6.45) is 5.63. The standard InChI is InChI=1S/C20H23ClN6OS2/c1-4-6-15-23-17-16(19(29-3)25-20(24-17)30-5-2)18-22-14(26-27(15)18)11-28-13-9-7-12(21)8-10-13/h7-11,15,26H,4-6H2,1-3H3,(H,23,24,25). The van der Waals surface area contributed by atoms with Gasteiger partial charge in [0.05, 0.1) is 5.56 Å². The van der Waals surface area contributed by atoms with Gasteiger partial charge in [-0.2, -0.15) is 0 Å². The molecule has 0 fully saturated rings. The van der Waals surface area contributed by atoms with Crippen molar-refractivity contribution in [2.75, 3.05) is 17.3 Å². The van der Waals surface area contributed by atoms with E-state index in [1.54, 1.807) is 41.9 Å².